The highest BCUT2D eigenvalue weighted by molar-refractivity contribution is 9.09. The lowest BCUT2D eigenvalue weighted by Gasteiger charge is -2.00. The lowest BCUT2D eigenvalue weighted by Crippen LogP contribution is -2.33. The maximum Gasteiger partial charge on any atom is 0.396 e. The molecule has 0 aliphatic carbocycles. The molecule has 64 valence electrons. The normalized spacial score (nSPS) is 8.91. The summed E-state index contributed by atoms with van der Waals surface area (Å²) in [5.41, 5.74) is 0. The molecule has 0 rings (SSSR count). The van der Waals surface area contributed by atoms with Crippen LogP contribution in [0.3, 0.4) is 0 Å². The van der Waals surface area contributed by atoms with Crippen molar-refractivity contribution in [3.05, 3.63) is 0 Å². The number of amides is 1. The Balaban J connectivity index is 3.56. The first kappa shape index (κ1) is 10.4. The maximum absolute atomic E-state index is 10.7. The van der Waals surface area contributed by atoms with E-state index in [1.807, 2.05) is 0 Å². The Morgan fingerprint density at radius 2 is 2.18 bits per heavy atom. The molecule has 1 N–H and O–H groups in total. The molecule has 0 aliphatic heterocycles. The first-order valence-electron chi connectivity index (χ1n) is 3.23. The molecule has 4 nitrogen and oxygen atoms in total. The molecule has 0 aliphatic rings. The molecular weight excluding hydrogens is 214 g/mol. The summed E-state index contributed by atoms with van der Waals surface area (Å²) >= 11 is 3.10. The van der Waals surface area contributed by atoms with Crippen LogP contribution in [0.15, 0.2) is 0 Å². The van der Waals surface area contributed by atoms with E-state index in [0.29, 0.717) is 11.9 Å². The Bertz CT molecular complexity index is 149. The van der Waals surface area contributed by atoms with Gasteiger partial charge in [-0.25, -0.2) is 4.79 Å². The molecule has 11 heavy (non-hydrogen) atoms. The third kappa shape index (κ3) is 4.78. The minimum Gasteiger partial charge on any atom is -0.459 e. The molecule has 0 heterocycles. The molecular formula is C6H10BrNO3. The Kier molecular flexibility index (Phi) is 5.83. The Labute approximate surface area is 73.4 Å². The minimum absolute atomic E-state index is 0.223. The monoisotopic (exact) mass is 223 g/mol. The minimum atomic E-state index is -0.826. The highest BCUT2D eigenvalue weighted by Gasteiger charge is 2.12. The molecule has 0 aromatic carbocycles. The van der Waals surface area contributed by atoms with E-state index in [0.717, 1.165) is 0 Å². The van der Waals surface area contributed by atoms with Gasteiger partial charge in [-0.05, 0) is 6.92 Å². The van der Waals surface area contributed by atoms with Gasteiger partial charge in [-0.3, -0.25) is 4.79 Å². The lowest BCUT2D eigenvalue weighted by molar-refractivity contribution is -0.154. The largest absolute Gasteiger partial charge is 0.459 e. The van der Waals surface area contributed by atoms with Gasteiger partial charge in [-0.1, -0.05) is 15.9 Å². The molecule has 1 amide bonds. The quantitative estimate of drug-likeness (QED) is 0.419. The zero-order chi connectivity index (χ0) is 8.69. The van der Waals surface area contributed by atoms with Gasteiger partial charge in [0.15, 0.2) is 0 Å². The number of hydrogen-bond donors (Lipinski definition) is 1. The van der Waals surface area contributed by atoms with Gasteiger partial charge in [0, 0.05) is 11.9 Å². The van der Waals surface area contributed by atoms with Gasteiger partial charge in [0.2, 0.25) is 0 Å². The molecule has 0 aromatic rings. The van der Waals surface area contributed by atoms with Gasteiger partial charge in [-0.2, -0.15) is 0 Å². The maximum atomic E-state index is 10.7. The van der Waals surface area contributed by atoms with Crippen LogP contribution in [0.5, 0.6) is 0 Å². The van der Waals surface area contributed by atoms with Crippen LogP contribution < -0.4 is 5.32 Å². The van der Waals surface area contributed by atoms with E-state index in [1.165, 1.54) is 0 Å². The third-order valence-electron chi connectivity index (χ3n) is 0.841. The van der Waals surface area contributed by atoms with Crippen LogP contribution in [0, 0.1) is 0 Å². The van der Waals surface area contributed by atoms with E-state index in [-0.39, 0.29) is 6.61 Å². The second-order valence-corrected chi connectivity index (χ2v) is 2.46. The van der Waals surface area contributed by atoms with Crippen molar-refractivity contribution in [3.63, 3.8) is 0 Å². The Morgan fingerprint density at radius 3 is 2.64 bits per heavy atom. The predicted molar refractivity (Wildman–Crippen MR) is 43.4 cm³/mol. The fourth-order valence-corrected chi connectivity index (χ4v) is 0.628. The van der Waals surface area contributed by atoms with Crippen LogP contribution in [-0.4, -0.2) is 30.4 Å². The number of esters is 1. The highest BCUT2D eigenvalue weighted by atomic mass is 79.9. The summed E-state index contributed by atoms with van der Waals surface area (Å²) in [5, 5.41) is 2.98. The van der Waals surface area contributed by atoms with Gasteiger partial charge in [-0.15, -0.1) is 0 Å². The summed E-state index contributed by atoms with van der Waals surface area (Å²) in [7, 11) is 0. The molecule has 0 atom stereocenters. The summed E-state index contributed by atoms with van der Waals surface area (Å²) in [5.74, 6) is -1.51. The summed E-state index contributed by atoms with van der Waals surface area (Å²) in [4.78, 5) is 21.3. The first-order chi connectivity index (χ1) is 5.22. The average Bonchev–Trinajstić information content (AvgIpc) is 2.00. The van der Waals surface area contributed by atoms with Crippen molar-refractivity contribution in [2.45, 2.75) is 6.92 Å². The van der Waals surface area contributed by atoms with Crippen molar-refractivity contribution in [1.82, 2.24) is 5.32 Å². The molecule has 0 unspecified atom stereocenters. The topological polar surface area (TPSA) is 55.4 Å². The molecule has 5 heteroatoms. The van der Waals surface area contributed by atoms with Crippen LogP contribution in [0.2, 0.25) is 0 Å². The molecule has 0 radical (unpaired) electrons. The van der Waals surface area contributed by atoms with Crippen molar-refractivity contribution < 1.29 is 14.3 Å². The molecule has 0 aromatic heterocycles. The number of alkyl halides is 1. The van der Waals surface area contributed by atoms with E-state index in [4.69, 9.17) is 0 Å². The predicted octanol–water partition coefficient (Wildman–Crippen LogP) is 0.0606. The fourth-order valence-electron chi connectivity index (χ4n) is 0.430. The fraction of sp³-hybridized carbons (Fsp3) is 0.667. The SMILES string of the molecule is CCOC(=O)C(=O)NCCBr. The molecule has 0 spiro atoms. The third-order valence-corrected chi connectivity index (χ3v) is 1.24. The lowest BCUT2D eigenvalue weighted by atomic mass is 10.6. The van der Waals surface area contributed by atoms with E-state index in [1.54, 1.807) is 6.92 Å². The summed E-state index contributed by atoms with van der Waals surface area (Å²) in [6.07, 6.45) is 0. The number of carbonyl (C=O) groups is 2. The van der Waals surface area contributed by atoms with E-state index >= 15 is 0 Å². The van der Waals surface area contributed by atoms with E-state index < -0.39 is 11.9 Å². The number of halogens is 1. The summed E-state index contributed by atoms with van der Waals surface area (Å²) in [6, 6.07) is 0. The van der Waals surface area contributed by atoms with Gasteiger partial charge in [0.1, 0.15) is 0 Å². The van der Waals surface area contributed by atoms with Gasteiger partial charge < -0.3 is 10.1 Å². The van der Waals surface area contributed by atoms with Crippen molar-refractivity contribution in [2.24, 2.45) is 0 Å². The molecule has 0 saturated carbocycles. The van der Waals surface area contributed by atoms with Crippen LogP contribution in [0.4, 0.5) is 0 Å². The van der Waals surface area contributed by atoms with Gasteiger partial charge >= 0.3 is 11.9 Å². The number of nitrogens with one attached hydrogen (secondary N) is 1. The highest BCUT2D eigenvalue weighted by Crippen LogP contribution is 1.79. The van der Waals surface area contributed by atoms with Crippen LogP contribution >= 0.6 is 15.9 Å². The van der Waals surface area contributed by atoms with Crippen molar-refractivity contribution in [3.8, 4) is 0 Å². The van der Waals surface area contributed by atoms with Crippen molar-refractivity contribution in [2.75, 3.05) is 18.5 Å². The zero-order valence-corrected chi connectivity index (χ0v) is 7.81. The molecule has 0 bridgehead atoms. The number of carbonyl (C=O) groups excluding carboxylic acids is 2. The molecule has 0 saturated heterocycles. The number of hydrogen-bond acceptors (Lipinski definition) is 3. The summed E-state index contributed by atoms with van der Waals surface area (Å²) in [6.45, 7) is 2.30. The number of ether oxygens (including phenoxy) is 1. The van der Waals surface area contributed by atoms with E-state index in [2.05, 4.69) is 26.0 Å². The smallest absolute Gasteiger partial charge is 0.396 e. The standard InChI is InChI=1S/C6H10BrNO3/c1-2-11-6(10)5(9)8-4-3-7/h2-4H2,1H3,(H,8,9). The number of rotatable bonds is 3. The van der Waals surface area contributed by atoms with Crippen LogP contribution in [0.1, 0.15) is 6.92 Å². The zero-order valence-electron chi connectivity index (χ0n) is 6.22. The van der Waals surface area contributed by atoms with Crippen molar-refractivity contribution in [1.29, 1.82) is 0 Å². The van der Waals surface area contributed by atoms with Gasteiger partial charge in [0.05, 0.1) is 6.61 Å². The second-order valence-electron chi connectivity index (χ2n) is 1.67. The van der Waals surface area contributed by atoms with Crippen LogP contribution in [0.25, 0.3) is 0 Å². The second kappa shape index (κ2) is 6.15. The molecule has 0 fully saturated rings. The Morgan fingerprint density at radius 1 is 1.55 bits per heavy atom. The van der Waals surface area contributed by atoms with Crippen molar-refractivity contribution >= 4 is 27.8 Å². The van der Waals surface area contributed by atoms with Crippen LogP contribution in [-0.2, 0) is 14.3 Å². The average molecular weight is 224 g/mol. The Hall–Kier alpha value is -0.580. The van der Waals surface area contributed by atoms with E-state index in [9.17, 15) is 9.59 Å². The first-order valence-corrected chi connectivity index (χ1v) is 4.35. The summed E-state index contributed by atoms with van der Waals surface area (Å²) < 4.78 is 4.43. The van der Waals surface area contributed by atoms with Gasteiger partial charge in [0.25, 0.3) is 0 Å².